The lowest BCUT2D eigenvalue weighted by Crippen LogP contribution is -2.41. The summed E-state index contributed by atoms with van der Waals surface area (Å²) < 4.78 is 14.1. The first-order valence-corrected chi connectivity index (χ1v) is 10.3. The molecule has 1 aliphatic carbocycles. The van der Waals surface area contributed by atoms with Gasteiger partial charge >= 0.3 is 0 Å². The van der Waals surface area contributed by atoms with E-state index in [9.17, 15) is 9.18 Å². The number of likely N-dealkylation sites (tertiary alicyclic amines) is 1. The fourth-order valence-corrected chi connectivity index (χ4v) is 4.38. The monoisotopic (exact) mass is 368 g/mol. The zero-order chi connectivity index (χ0) is 19.0. The first-order valence-electron chi connectivity index (χ1n) is 10.3. The highest BCUT2D eigenvalue weighted by Gasteiger charge is 2.35. The highest BCUT2D eigenvalue weighted by Crippen LogP contribution is 2.39. The van der Waals surface area contributed by atoms with E-state index >= 15 is 0 Å². The molecule has 3 aliphatic rings. The van der Waals surface area contributed by atoms with Crippen LogP contribution in [0.2, 0.25) is 0 Å². The molecular weight excluding hydrogens is 339 g/mol. The molecule has 1 aromatic rings. The summed E-state index contributed by atoms with van der Waals surface area (Å²) in [6.45, 7) is 5.78. The molecule has 1 saturated heterocycles. The molecule has 4 rings (SSSR count). The number of benzene rings is 1. The smallest absolute Gasteiger partial charge is 0.255 e. The van der Waals surface area contributed by atoms with Crippen molar-refractivity contribution in [3.05, 3.63) is 59.1 Å². The minimum Gasteiger partial charge on any atom is -0.363 e. The second-order valence-corrected chi connectivity index (χ2v) is 8.19. The maximum absolute atomic E-state index is 14.1. The minimum absolute atomic E-state index is 0.00879. The third-order valence-corrected chi connectivity index (χ3v) is 6.29. The Balaban J connectivity index is 1.57. The van der Waals surface area contributed by atoms with Crippen LogP contribution in [-0.4, -0.2) is 34.8 Å². The van der Waals surface area contributed by atoms with E-state index in [-0.39, 0.29) is 17.8 Å². The van der Waals surface area contributed by atoms with Crippen LogP contribution in [-0.2, 0) is 4.79 Å². The number of hydrogen-bond acceptors (Lipinski definition) is 2. The predicted octanol–water partition coefficient (Wildman–Crippen LogP) is 4.74. The minimum atomic E-state index is -0.165. The summed E-state index contributed by atoms with van der Waals surface area (Å²) in [7, 11) is 0. The van der Waals surface area contributed by atoms with Crippen LogP contribution in [0.3, 0.4) is 0 Å². The maximum Gasteiger partial charge on any atom is 0.255 e. The van der Waals surface area contributed by atoms with Crippen LogP contribution in [0.1, 0.15) is 56.2 Å². The lowest BCUT2D eigenvalue weighted by atomic mass is 9.94. The molecule has 4 heteroatoms. The zero-order valence-corrected chi connectivity index (χ0v) is 16.3. The molecule has 2 atom stereocenters. The third kappa shape index (κ3) is 3.67. The van der Waals surface area contributed by atoms with E-state index in [1.54, 1.807) is 6.07 Å². The topological polar surface area (TPSA) is 23.6 Å². The van der Waals surface area contributed by atoms with Gasteiger partial charge in [-0.3, -0.25) is 4.79 Å². The second kappa shape index (κ2) is 7.49. The summed E-state index contributed by atoms with van der Waals surface area (Å²) >= 11 is 0. The van der Waals surface area contributed by atoms with E-state index < -0.39 is 0 Å². The second-order valence-electron chi connectivity index (χ2n) is 8.19. The van der Waals surface area contributed by atoms with Gasteiger partial charge in [-0.05, 0) is 61.8 Å². The third-order valence-electron chi connectivity index (χ3n) is 6.29. The Morgan fingerprint density at radius 2 is 2.07 bits per heavy atom. The zero-order valence-electron chi connectivity index (χ0n) is 16.3. The Morgan fingerprint density at radius 1 is 1.26 bits per heavy atom. The van der Waals surface area contributed by atoms with Crippen molar-refractivity contribution in [1.29, 1.82) is 0 Å². The van der Waals surface area contributed by atoms with Crippen molar-refractivity contribution in [3.63, 3.8) is 0 Å². The summed E-state index contributed by atoms with van der Waals surface area (Å²) in [5.41, 5.74) is 2.46. The summed E-state index contributed by atoms with van der Waals surface area (Å²) in [5.74, 6) is 0.601. The van der Waals surface area contributed by atoms with E-state index in [0.29, 0.717) is 17.5 Å². The van der Waals surface area contributed by atoms with Gasteiger partial charge in [-0.1, -0.05) is 31.6 Å². The van der Waals surface area contributed by atoms with E-state index in [1.165, 1.54) is 12.5 Å². The number of nitrogens with zero attached hydrogens (tertiary/aromatic N) is 2. The Hall–Kier alpha value is -2.10. The number of halogens is 1. The van der Waals surface area contributed by atoms with Crippen LogP contribution in [0.15, 0.2) is 42.1 Å². The largest absolute Gasteiger partial charge is 0.363 e. The molecule has 1 aromatic carbocycles. The van der Waals surface area contributed by atoms with Crippen molar-refractivity contribution in [2.75, 3.05) is 13.1 Å². The molecule has 2 fully saturated rings. The van der Waals surface area contributed by atoms with Gasteiger partial charge in [-0.2, -0.15) is 0 Å². The summed E-state index contributed by atoms with van der Waals surface area (Å²) in [6, 6.07) is 5.75. The van der Waals surface area contributed by atoms with Crippen molar-refractivity contribution in [2.24, 2.45) is 5.92 Å². The van der Waals surface area contributed by atoms with Crippen LogP contribution < -0.4 is 0 Å². The molecule has 0 N–H and O–H groups in total. The summed E-state index contributed by atoms with van der Waals surface area (Å²) in [5, 5.41) is 0. The number of amides is 1. The lowest BCUT2D eigenvalue weighted by molar-refractivity contribution is -0.128. The number of carbonyl (C=O) groups is 1. The first kappa shape index (κ1) is 18.3. The van der Waals surface area contributed by atoms with Gasteiger partial charge in [0.1, 0.15) is 5.82 Å². The number of piperidine rings is 1. The van der Waals surface area contributed by atoms with Crippen LogP contribution in [0.4, 0.5) is 4.39 Å². The molecule has 2 unspecified atom stereocenters. The van der Waals surface area contributed by atoms with Crippen molar-refractivity contribution in [2.45, 2.75) is 58.0 Å². The van der Waals surface area contributed by atoms with E-state index in [4.69, 9.17) is 0 Å². The lowest BCUT2D eigenvalue weighted by Gasteiger charge is -2.36. The predicted molar refractivity (Wildman–Crippen MR) is 106 cm³/mol. The molecule has 2 aliphatic heterocycles. The van der Waals surface area contributed by atoms with Gasteiger partial charge in [-0.15, -0.1) is 0 Å². The molecule has 3 nitrogen and oxygen atoms in total. The molecule has 0 spiro atoms. The SMILES string of the molecule is CCC1CCCN(C(=O)C2=CN(C3CC3)C(c3cccc(F)c3C)C=C2)C1. The normalized spacial score (nSPS) is 25.5. The molecule has 2 heterocycles. The summed E-state index contributed by atoms with van der Waals surface area (Å²) in [4.78, 5) is 17.4. The van der Waals surface area contributed by atoms with Crippen molar-refractivity contribution in [3.8, 4) is 0 Å². The first-order chi connectivity index (χ1) is 13.1. The van der Waals surface area contributed by atoms with Crippen LogP contribution in [0.5, 0.6) is 0 Å². The van der Waals surface area contributed by atoms with Gasteiger partial charge in [0.25, 0.3) is 5.91 Å². The highest BCUT2D eigenvalue weighted by atomic mass is 19.1. The van der Waals surface area contributed by atoms with Gasteiger partial charge in [-0.25, -0.2) is 4.39 Å². The Morgan fingerprint density at radius 3 is 2.81 bits per heavy atom. The summed E-state index contributed by atoms with van der Waals surface area (Å²) in [6.07, 6.45) is 11.8. The van der Waals surface area contributed by atoms with Gasteiger partial charge in [0, 0.05) is 25.3 Å². The molecule has 1 saturated carbocycles. The van der Waals surface area contributed by atoms with E-state index in [1.807, 2.05) is 30.2 Å². The quantitative estimate of drug-likeness (QED) is 0.766. The molecular formula is C23H29FN2O. The average molecular weight is 368 g/mol. The van der Waals surface area contributed by atoms with Crippen molar-refractivity contribution < 1.29 is 9.18 Å². The molecule has 27 heavy (non-hydrogen) atoms. The molecule has 144 valence electrons. The molecule has 0 bridgehead atoms. The average Bonchev–Trinajstić information content (AvgIpc) is 3.54. The number of carbonyl (C=O) groups excluding carboxylic acids is 1. The van der Waals surface area contributed by atoms with Crippen molar-refractivity contribution in [1.82, 2.24) is 9.80 Å². The number of rotatable bonds is 4. The van der Waals surface area contributed by atoms with E-state index in [0.717, 1.165) is 49.9 Å². The van der Waals surface area contributed by atoms with Gasteiger partial charge < -0.3 is 9.80 Å². The van der Waals surface area contributed by atoms with Gasteiger partial charge in [0.15, 0.2) is 0 Å². The number of hydrogen-bond donors (Lipinski definition) is 0. The van der Waals surface area contributed by atoms with Crippen LogP contribution in [0, 0.1) is 18.7 Å². The van der Waals surface area contributed by atoms with Gasteiger partial charge in [0.05, 0.1) is 11.6 Å². The van der Waals surface area contributed by atoms with E-state index in [2.05, 4.69) is 17.9 Å². The van der Waals surface area contributed by atoms with Crippen LogP contribution >= 0.6 is 0 Å². The molecule has 0 aromatic heterocycles. The van der Waals surface area contributed by atoms with Crippen molar-refractivity contribution >= 4 is 5.91 Å². The maximum atomic E-state index is 14.1. The Kier molecular flexibility index (Phi) is 5.07. The fourth-order valence-electron chi connectivity index (χ4n) is 4.38. The standard InChI is InChI=1S/C23H29FN2O/c1-3-17-6-5-13-25(14-17)23(27)18-9-12-22(26(15-18)19-10-11-19)20-7-4-8-21(24)16(20)2/h4,7-9,12,15,17,19,22H,3,5-6,10-11,13-14H2,1-2H3. The molecule has 1 amide bonds. The highest BCUT2D eigenvalue weighted by molar-refractivity contribution is 5.96. The van der Waals surface area contributed by atoms with Gasteiger partial charge in [0.2, 0.25) is 0 Å². The van der Waals surface area contributed by atoms with Crippen LogP contribution in [0.25, 0.3) is 0 Å². The fraction of sp³-hybridized carbons (Fsp3) is 0.522. The Bertz CT molecular complexity index is 781. The Labute approximate surface area is 161 Å². The molecule has 0 radical (unpaired) electrons.